The minimum atomic E-state index is -1.61. The fourth-order valence-electron chi connectivity index (χ4n) is 1.97. The Bertz CT molecular complexity index is 774. The summed E-state index contributed by atoms with van der Waals surface area (Å²) in [5.74, 6) is -7.96. The van der Waals surface area contributed by atoms with Crippen LogP contribution in [-0.2, 0) is 38.2 Å². The van der Waals surface area contributed by atoms with E-state index in [0.717, 1.165) is 0 Å². The predicted octanol–water partition coefficient (Wildman–Crippen LogP) is -0.828. The van der Waals surface area contributed by atoms with Crippen LogP contribution in [0.5, 0.6) is 0 Å². The van der Waals surface area contributed by atoms with Gasteiger partial charge < -0.3 is 30.7 Å². The fourth-order valence-corrected chi connectivity index (χ4v) is 1.97. The molecule has 172 valence electrons. The van der Waals surface area contributed by atoms with Crippen LogP contribution in [0.2, 0.25) is 0 Å². The Hall–Kier alpha value is -3.54. The van der Waals surface area contributed by atoms with E-state index in [4.69, 9.17) is 20.3 Å². The monoisotopic (exact) mass is 442 g/mol. The Labute approximate surface area is 178 Å². The first-order valence-electron chi connectivity index (χ1n) is 8.94. The second kappa shape index (κ2) is 12.9. The predicted molar refractivity (Wildman–Crippen MR) is 104 cm³/mol. The molecule has 3 atom stereocenters. The summed E-state index contributed by atoms with van der Waals surface area (Å²) in [7, 11) is 0. The Morgan fingerprint density at radius 2 is 1.39 bits per heavy atom. The summed E-state index contributed by atoms with van der Waals surface area (Å²) >= 11 is 0. The number of carboxylic acids is 2. The largest absolute Gasteiger partial charge is 0.481 e. The third-order valence-corrected chi connectivity index (χ3v) is 3.72. The number of ketones is 1. The van der Waals surface area contributed by atoms with Gasteiger partial charge in [-0.05, 0) is 13.8 Å². The number of nitrogens with two attached hydrogens (primary N) is 1. The van der Waals surface area contributed by atoms with Gasteiger partial charge in [-0.25, -0.2) is 9.59 Å². The van der Waals surface area contributed by atoms with Crippen molar-refractivity contribution in [1.82, 2.24) is 5.32 Å². The minimum Gasteiger partial charge on any atom is -0.481 e. The molecule has 31 heavy (non-hydrogen) atoms. The molecule has 0 aliphatic heterocycles. The van der Waals surface area contributed by atoms with Gasteiger partial charge in [0.15, 0.2) is 5.78 Å². The molecule has 0 spiro atoms. The average molecular weight is 442 g/mol. The molecule has 5 N–H and O–H groups in total. The maximum absolute atomic E-state index is 12.4. The van der Waals surface area contributed by atoms with Crippen LogP contribution < -0.4 is 11.1 Å². The second-order valence-electron chi connectivity index (χ2n) is 6.73. The number of esters is 2. The Morgan fingerprint density at radius 1 is 0.903 bits per heavy atom. The van der Waals surface area contributed by atoms with Gasteiger partial charge in [-0.3, -0.25) is 19.2 Å². The van der Waals surface area contributed by atoms with Crippen LogP contribution in [0.3, 0.4) is 0 Å². The fraction of sp³-hybridized carbons (Fsp3) is 0.474. The first-order valence-corrected chi connectivity index (χ1v) is 8.94. The lowest BCUT2D eigenvalue weighted by atomic mass is 9.97. The number of hydrogen-bond donors (Lipinski definition) is 4. The van der Waals surface area contributed by atoms with E-state index in [1.54, 1.807) is 0 Å². The zero-order valence-corrected chi connectivity index (χ0v) is 17.2. The number of carboxylic acid groups (broad SMARTS) is 2. The van der Waals surface area contributed by atoms with Gasteiger partial charge in [-0.15, -0.1) is 0 Å². The number of Topliss-reactive ketones (excluding diaryl/α,β-unsaturated/α-hetero) is 1. The molecule has 0 aliphatic rings. The van der Waals surface area contributed by atoms with Crippen molar-refractivity contribution in [3.05, 3.63) is 24.3 Å². The van der Waals surface area contributed by atoms with E-state index in [1.165, 1.54) is 13.8 Å². The van der Waals surface area contributed by atoms with Gasteiger partial charge in [-0.2, -0.15) is 0 Å². The number of ether oxygens (including phenoxy) is 2. The first kappa shape index (κ1) is 27.5. The third kappa shape index (κ3) is 10.7. The van der Waals surface area contributed by atoms with E-state index in [1.807, 2.05) is 0 Å². The molecule has 0 aromatic carbocycles. The standard InChI is InChI=1S/C19H26N2O10/c1-9(2)18(28)30-7-11(17(26)27)5-14(22)13(6-15(23)24)21-16(25)12(20)8-31-19(29)10(3)4/h11-13H,1,3,5-8,20H2,2,4H3,(H,21,25)(H,23,24)(H,26,27)/t11-,12+,13+/m1/s1. The van der Waals surface area contributed by atoms with Gasteiger partial charge in [0.25, 0.3) is 0 Å². The van der Waals surface area contributed by atoms with Gasteiger partial charge >= 0.3 is 23.9 Å². The van der Waals surface area contributed by atoms with Crippen LogP contribution in [0.15, 0.2) is 24.3 Å². The summed E-state index contributed by atoms with van der Waals surface area (Å²) in [4.78, 5) is 69.8. The molecule has 0 heterocycles. The molecular formula is C19H26N2O10. The summed E-state index contributed by atoms with van der Waals surface area (Å²) in [6.07, 6.45) is -1.57. The van der Waals surface area contributed by atoms with E-state index in [9.17, 15) is 33.9 Å². The smallest absolute Gasteiger partial charge is 0.333 e. The third-order valence-electron chi connectivity index (χ3n) is 3.72. The van der Waals surface area contributed by atoms with Crippen LogP contribution >= 0.6 is 0 Å². The molecule has 0 radical (unpaired) electrons. The highest BCUT2D eigenvalue weighted by Crippen LogP contribution is 2.11. The van der Waals surface area contributed by atoms with E-state index in [0.29, 0.717) is 0 Å². The number of aliphatic carboxylic acids is 2. The van der Waals surface area contributed by atoms with Crippen LogP contribution in [0.4, 0.5) is 0 Å². The summed E-state index contributed by atoms with van der Waals surface area (Å²) < 4.78 is 9.45. The SMILES string of the molecule is C=C(C)C(=O)OC[C@@H](CC(=O)[C@H](CC(=O)O)NC(=O)[C@@H](N)COC(=O)C(=C)C)C(=O)O. The molecule has 0 aromatic rings. The molecule has 12 heteroatoms. The van der Waals surface area contributed by atoms with Crippen LogP contribution in [0.25, 0.3) is 0 Å². The van der Waals surface area contributed by atoms with Crippen molar-refractivity contribution in [3.63, 3.8) is 0 Å². The summed E-state index contributed by atoms with van der Waals surface area (Å²) in [5, 5.41) is 20.3. The second-order valence-corrected chi connectivity index (χ2v) is 6.73. The highest BCUT2D eigenvalue weighted by Gasteiger charge is 2.31. The highest BCUT2D eigenvalue weighted by molar-refractivity contribution is 5.95. The highest BCUT2D eigenvalue weighted by atomic mass is 16.5. The molecule has 0 rings (SSSR count). The van der Waals surface area contributed by atoms with E-state index in [2.05, 4.69) is 18.5 Å². The van der Waals surface area contributed by atoms with Gasteiger partial charge in [0.1, 0.15) is 19.3 Å². The van der Waals surface area contributed by atoms with Crippen molar-refractivity contribution in [1.29, 1.82) is 0 Å². The molecule has 0 saturated heterocycles. The molecule has 0 aliphatic carbocycles. The molecular weight excluding hydrogens is 416 g/mol. The molecule has 0 unspecified atom stereocenters. The number of rotatable bonds is 14. The summed E-state index contributed by atoms with van der Waals surface area (Å²) in [5.41, 5.74) is 5.66. The van der Waals surface area contributed by atoms with E-state index < -0.39 is 79.6 Å². The van der Waals surface area contributed by atoms with Gasteiger partial charge in [0.05, 0.1) is 18.4 Å². The van der Waals surface area contributed by atoms with Crippen molar-refractivity contribution in [2.75, 3.05) is 13.2 Å². The minimum absolute atomic E-state index is 0.0211. The number of amides is 1. The Balaban J connectivity index is 5.13. The average Bonchev–Trinajstić information content (AvgIpc) is 2.66. The zero-order chi connectivity index (χ0) is 24.3. The summed E-state index contributed by atoms with van der Waals surface area (Å²) in [6.45, 7) is 8.20. The zero-order valence-electron chi connectivity index (χ0n) is 17.2. The van der Waals surface area contributed by atoms with Gasteiger partial charge in [-0.1, -0.05) is 13.2 Å². The number of carbonyl (C=O) groups excluding carboxylic acids is 4. The number of nitrogens with one attached hydrogen (secondary N) is 1. The maximum atomic E-state index is 12.4. The van der Waals surface area contributed by atoms with Crippen LogP contribution in [0.1, 0.15) is 26.7 Å². The maximum Gasteiger partial charge on any atom is 0.333 e. The molecule has 0 fully saturated rings. The molecule has 0 bridgehead atoms. The Kier molecular flexibility index (Phi) is 11.4. The topological polar surface area (TPSA) is 199 Å². The Morgan fingerprint density at radius 3 is 1.81 bits per heavy atom. The van der Waals surface area contributed by atoms with E-state index >= 15 is 0 Å². The van der Waals surface area contributed by atoms with Crippen LogP contribution in [-0.4, -0.2) is 71.1 Å². The van der Waals surface area contributed by atoms with Crippen LogP contribution in [0, 0.1) is 5.92 Å². The lowest BCUT2D eigenvalue weighted by Gasteiger charge is -2.20. The van der Waals surface area contributed by atoms with Crippen molar-refractivity contribution in [2.45, 2.75) is 38.8 Å². The van der Waals surface area contributed by atoms with Crippen molar-refractivity contribution >= 4 is 35.6 Å². The molecule has 0 saturated carbocycles. The normalized spacial score (nSPS) is 13.1. The van der Waals surface area contributed by atoms with Crippen molar-refractivity contribution < 1.29 is 48.5 Å². The van der Waals surface area contributed by atoms with Gasteiger partial charge in [0.2, 0.25) is 5.91 Å². The molecule has 0 aromatic heterocycles. The van der Waals surface area contributed by atoms with E-state index in [-0.39, 0.29) is 11.1 Å². The van der Waals surface area contributed by atoms with Crippen molar-refractivity contribution in [3.8, 4) is 0 Å². The number of hydrogen-bond acceptors (Lipinski definition) is 9. The number of carbonyl (C=O) groups is 6. The first-order chi connectivity index (χ1) is 14.3. The van der Waals surface area contributed by atoms with Crippen molar-refractivity contribution in [2.24, 2.45) is 11.7 Å². The molecule has 12 nitrogen and oxygen atoms in total. The quantitative estimate of drug-likeness (QED) is 0.193. The lowest BCUT2D eigenvalue weighted by molar-refractivity contribution is -0.150. The molecule has 1 amide bonds. The lowest BCUT2D eigenvalue weighted by Crippen LogP contribution is -2.51. The summed E-state index contributed by atoms with van der Waals surface area (Å²) in [6, 6.07) is -3.02. The van der Waals surface area contributed by atoms with Gasteiger partial charge in [0, 0.05) is 17.6 Å².